The molecule has 3 nitrogen and oxygen atoms in total. The van der Waals surface area contributed by atoms with E-state index in [4.69, 9.17) is 4.74 Å². The van der Waals surface area contributed by atoms with Crippen molar-refractivity contribution in [1.29, 1.82) is 0 Å². The fraction of sp³-hybridized carbons (Fsp3) is 0. The van der Waals surface area contributed by atoms with Gasteiger partial charge in [0.05, 0.1) is 0 Å². The summed E-state index contributed by atoms with van der Waals surface area (Å²) in [5, 5.41) is 2.99. The molecule has 3 heteroatoms. The van der Waals surface area contributed by atoms with Gasteiger partial charge >= 0.3 is 0 Å². The van der Waals surface area contributed by atoms with Crippen molar-refractivity contribution >= 4 is 23.2 Å². The number of para-hydroxylation sites is 1. The number of rotatable bonds is 6. The van der Waals surface area contributed by atoms with E-state index in [1.165, 1.54) is 0 Å². The van der Waals surface area contributed by atoms with Crippen LogP contribution < -0.4 is 10.1 Å². The summed E-state index contributed by atoms with van der Waals surface area (Å²) in [6.45, 7) is 0. The first kappa shape index (κ1) is 19.2. The lowest BCUT2D eigenvalue weighted by atomic mass is 10.0. The standard InChI is InChI=1S/C27H21NO2/c29-27(26(22-12-6-2-7-13-22)20-21-10-4-1-5-11-21)28-23-16-18-25(19-17-23)30-24-14-8-3-9-15-24/h1-20H,(H,28,29)/b26-20+. The van der Waals surface area contributed by atoms with Crippen LogP contribution in [0.15, 0.2) is 115 Å². The second-order valence-electron chi connectivity index (χ2n) is 6.73. The number of benzene rings is 4. The molecule has 0 saturated heterocycles. The first-order valence-corrected chi connectivity index (χ1v) is 9.74. The van der Waals surface area contributed by atoms with E-state index >= 15 is 0 Å². The molecule has 0 atom stereocenters. The average Bonchev–Trinajstić information content (AvgIpc) is 2.81. The van der Waals surface area contributed by atoms with E-state index in [1.54, 1.807) is 0 Å². The predicted octanol–water partition coefficient (Wildman–Crippen LogP) is 6.66. The molecular weight excluding hydrogens is 370 g/mol. The Balaban J connectivity index is 1.53. The highest BCUT2D eigenvalue weighted by Gasteiger charge is 2.12. The zero-order valence-corrected chi connectivity index (χ0v) is 16.4. The third-order valence-corrected chi connectivity index (χ3v) is 4.53. The third-order valence-electron chi connectivity index (χ3n) is 4.53. The van der Waals surface area contributed by atoms with Crippen LogP contribution in [0.4, 0.5) is 5.69 Å². The molecule has 4 aromatic carbocycles. The largest absolute Gasteiger partial charge is 0.457 e. The monoisotopic (exact) mass is 391 g/mol. The first-order chi connectivity index (χ1) is 14.8. The molecule has 0 bridgehead atoms. The molecule has 0 unspecified atom stereocenters. The summed E-state index contributed by atoms with van der Waals surface area (Å²) in [5.41, 5.74) is 3.14. The van der Waals surface area contributed by atoms with Crippen LogP contribution in [0, 0.1) is 0 Å². The Bertz CT molecular complexity index is 1120. The van der Waals surface area contributed by atoms with Gasteiger partial charge in [-0.05, 0) is 53.6 Å². The summed E-state index contributed by atoms with van der Waals surface area (Å²) >= 11 is 0. The van der Waals surface area contributed by atoms with E-state index in [0.717, 1.165) is 16.9 Å². The summed E-state index contributed by atoms with van der Waals surface area (Å²) in [6, 6.07) is 36.4. The first-order valence-electron chi connectivity index (χ1n) is 9.74. The Labute approximate surface area is 176 Å². The molecule has 1 N–H and O–H groups in total. The molecule has 0 aliphatic rings. The molecule has 0 fully saturated rings. The van der Waals surface area contributed by atoms with Gasteiger partial charge in [0, 0.05) is 11.3 Å². The Morgan fingerprint density at radius 2 is 1.17 bits per heavy atom. The molecule has 0 aliphatic heterocycles. The summed E-state index contributed by atoms with van der Waals surface area (Å²) in [6.07, 6.45) is 1.90. The van der Waals surface area contributed by atoms with Crippen molar-refractivity contribution in [3.05, 3.63) is 126 Å². The molecule has 0 saturated carbocycles. The maximum atomic E-state index is 13.1. The lowest BCUT2D eigenvalue weighted by Gasteiger charge is -2.11. The quantitative estimate of drug-likeness (QED) is 0.295. The van der Waals surface area contributed by atoms with Gasteiger partial charge in [0.1, 0.15) is 11.5 Å². The van der Waals surface area contributed by atoms with E-state index in [9.17, 15) is 4.79 Å². The lowest BCUT2D eigenvalue weighted by Crippen LogP contribution is -2.13. The summed E-state index contributed by atoms with van der Waals surface area (Å²) in [4.78, 5) is 13.1. The number of hydrogen-bond donors (Lipinski definition) is 1. The average molecular weight is 391 g/mol. The van der Waals surface area contributed by atoms with E-state index in [2.05, 4.69) is 5.32 Å². The van der Waals surface area contributed by atoms with Gasteiger partial charge in [-0.3, -0.25) is 4.79 Å². The molecule has 0 radical (unpaired) electrons. The van der Waals surface area contributed by atoms with Crippen molar-refractivity contribution in [2.24, 2.45) is 0 Å². The summed E-state index contributed by atoms with van der Waals surface area (Å²) in [5.74, 6) is 1.32. The molecule has 146 valence electrons. The highest BCUT2D eigenvalue weighted by Crippen LogP contribution is 2.24. The second kappa shape index (κ2) is 9.39. The maximum absolute atomic E-state index is 13.1. The highest BCUT2D eigenvalue weighted by atomic mass is 16.5. The summed E-state index contributed by atoms with van der Waals surface area (Å²) < 4.78 is 5.81. The second-order valence-corrected chi connectivity index (χ2v) is 6.73. The number of carbonyl (C=O) groups is 1. The van der Waals surface area contributed by atoms with Gasteiger partial charge in [0.15, 0.2) is 0 Å². The van der Waals surface area contributed by atoms with Gasteiger partial charge in [0.2, 0.25) is 0 Å². The molecule has 4 rings (SSSR count). The molecule has 0 aromatic heterocycles. The Kier molecular flexibility index (Phi) is 6.02. The van der Waals surface area contributed by atoms with Crippen molar-refractivity contribution in [1.82, 2.24) is 0 Å². The highest BCUT2D eigenvalue weighted by molar-refractivity contribution is 6.29. The normalized spacial score (nSPS) is 11.0. The molecule has 0 spiro atoms. The van der Waals surface area contributed by atoms with E-state index < -0.39 is 0 Å². The number of anilines is 1. The van der Waals surface area contributed by atoms with Crippen molar-refractivity contribution in [3.63, 3.8) is 0 Å². The van der Waals surface area contributed by atoms with Crippen molar-refractivity contribution in [2.75, 3.05) is 5.32 Å². The van der Waals surface area contributed by atoms with Crippen LogP contribution in [-0.2, 0) is 4.79 Å². The van der Waals surface area contributed by atoms with Gasteiger partial charge in [-0.1, -0.05) is 78.9 Å². The van der Waals surface area contributed by atoms with Crippen molar-refractivity contribution in [3.8, 4) is 11.5 Å². The smallest absolute Gasteiger partial charge is 0.256 e. The minimum Gasteiger partial charge on any atom is -0.457 e. The fourth-order valence-corrected chi connectivity index (χ4v) is 3.04. The minimum absolute atomic E-state index is 0.165. The number of ether oxygens (including phenoxy) is 1. The minimum atomic E-state index is -0.165. The van der Waals surface area contributed by atoms with Gasteiger partial charge in [-0.25, -0.2) is 0 Å². The van der Waals surface area contributed by atoms with Gasteiger partial charge in [-0.2, -0.15) is 0 Å². The Morgan fingerprint density at radius 3 is 1.80 bits per heavy atom. The predicted molar refractivity (Wildman–Crippen MR) is 122 cm³/mol. The van der Waals surface area contributed by atoms with E-state index in [-0.39, 0.29) is 5.91 Å². The van der Waals surface area contributed by atoms with Crippen LogP contribution in [0.5, 0.6) is 11.5 Å². The summed E-state index contributed by atoms with van der Waals surface area (Å²) in [7, 11) is 0. The molecule has 0 aliphatic carbocycles. The van der Waals surface area contributed by atoms with Gasteiger partial charge < -0.3 is 10.1 Å². The topological polar surface area (TPSA) is 38.3 Å². The van der Waals surface area contributed by atoms with Crippen LogP contribution >= 0.6 is 0 Å². The van der Waals surface area contributed by atoms with Crippen LogP contribution in [-0.4, -0.2) is 5.91 Å². The fourth-order valence-electron chi connectivity index (χ4n) is 3.04. The molecule has 0 heterocycles. The van der Waals surface area contributed by atoms with E-state index in [1.807, 2.05) is 121 Å². The van der Waals surface area contributed by atoms with Crippen LogP contribution in [0.2, 0.25) is 0 Å². The number of carbonyl (C=O) groups excluding carboxylic acids is 1. The third kappa shape index (κ3) is 5.03. The molecule has 4 aromatic rings. The zero-order chi connectivity index (χ0) is 20.6. The SMILES string of the molecule is O=C(Nc1ccc(Oc2ccccc2)cc1)/C(=C/c1ccccc1)c1ccccc1. The molecule has 1 amide bonds. The van der Waals surface area contributed by atoms with Gasteiger partial charge in [-0.15, -0.1) is 0 Å². The Morgan fingerprint density at radius 1 is 0.633 bits per heavy atom. The maximum Gasteiger partial charge on any atom is 0.256 e. The Hall–Kier alpha value is -4.11. The number of hydrogen-bond acceptors (Lipinski definition) is 2. The van der Waals surface area contributed by atoms with Crippen molar-refractivity contribution < 1.29 is 9.53 Å². The lowest BCUT2D eigenvalue weighted by molar-refractivity contribution is -0.111. The molecule has 30 heavy (non-hydrogen) atoms. The number of amides is 1. The van der Waals surface area contributed by atoms with Crippen LogP contribution in [0.3, 0.4) is 0 Å². The molecular formula is C27H21NO2. The van der Waals surface area contributed by atoms with Crippen LogP contribution in [0.1, 0.15) is 11.1 Å². The van der Waals surface area contributed by atoms with Crippen LogP contribution in [0.25, 0.3) is 11.6 Å². The van der Waals surface area contributed by atoms with Crippen molar-refractivity contribution in [2.45, 2.75) is 0 Å². The van der Waals surface area contributed by atoms with E-state index in [0.29, 0.717) is 17.0 Å². The van der Waals surface area contributed by atoms with Gasteiger partial charge in [0.25, 0.3) is 5.91 Å². The number of nitrogens with one attached hydrogen (secondary N) is 1. The zero-order valence-electron chi connectivity index (χ0n) is 16.4.